The predicted octanol–water partition coefficient (Wildman–Crippen LogP) is 19.8. The molecule has 0 saturated heterocycles. The summed E-state index contributed by atoms with van der Waals surface area (Å²) in [7, 11) is 0. The van der Waals surface area contributed by atoms with E-state index in [0.717, 1.165) is 0 Å². The van der Waals surface area contributed by atoms with Gasteiger partial charge in [-0.15, -0.1) is 0 Å². The molecule has 0 fully saturated rings. The van der Waals surface area contributed by atoms with E-state index in [1.807, 2.05) is 0 Å². The summed E-state index contributed by atoms with van der Waals surface area (Å²) in [5.41, 5.74) is 0. The van der Waals surface area contributed by atoms with E-state index in [2.05, 4.69) is 146 Å². The molecule has 0 heterocycles. The second kappa shape index (κ2) is 15.9. The van der Waals surface area contributed by atoms with Crippen LogP contribution in [-0.2, 0) is 0 Å². The smallest absolute Gasteiger partial charge is 0.0874 e. The van der Waals surface area contributed by atoms with Crippen molar-refractivity contribution < 1.29 is 0 Å². The van der Waals surface area contributed by atoms with Gasteiger partial charge in [-0.2, -0.15) is 0 Å². The van der Waals surface area contributed by atoms with E-state index in [-0.39, 0.29) is 0 Å². The number of halogens is 9. The van der Waals surface area contributed by atoms with E-state index >= 15 is 0 Å². The first-order valence-electron chi connectivity index (χ1n) is 18.9. The molecule has 12 rings (SSSR count). The van der Waals surface area contributed by atoms with Crippen LogP contribution in [0.1, 0.15) is 0 Å². The van der Waals surface area contributed by atoms with Crippen LogP contribution in [0.3, 0.4) is 0 Å². The van der Waals surface area contributed by atoms with Crippen molar-refractivity contribution in [2.24, 2.45) is 0 Å². The van der Waals surface area contributed by atoms with Gasteiger partial charge in [-0.25, -0.2) is 0 Å². The summed E-state index contributed by atoms with van der Waals surface area (Å²) in [5, 5.41) is 31.2. The zero-order chi connectivity index (χ0) is 41.6. The van der Waals surface area contributed by atoms with Crippen LogP contribution in [-0.4, -0.2) is 12.9 Å². The molecule has 0 unspecified atom stereocenters. The van der Waals surface area contributed by atoms with Gasteiger partial charge in [-0.05, 0) is 202 Å². The number of fused-ring (bicyclic) bond motifs is 18. The molecule has 60 heavy (non-hydrogen) atoms. The summed E-state index contributed by atoms with van der Waals surface area (Å²) < 4.78 is -2.25. The van der Waals surface area contributed by atoms with Crippen LogP contribution in [0, 0.1) is 0 Å². The number of hydrogen-bond acceptors (Lipinski definition) is 0. The molecule has 12 aromatic carbocycles. The summed E-state index contributed by atoms with van der Waals surface area (Å²) >= 11 is 43.3. The highest BCUT2D eigenvalue weighted by atomic mass is 35.6. The average molecular weight is 959 g/mol. The Kier molecular flexibility index (Phi) is 10.7. The molecule has 294 valence electrons. The molecule has 0 atom stereocenters. The largest absolute Gasteiger partial charge is 0.180 e. The highest BCUT2D eigenvalue weighted by Crippen LogP contribution is 2.42. The lowest BCUT2D eigenvalue weighted by molar-refractivity contribution is 1.80. The number of alkyl halides is 9. The SMILES string of the molecule is ClC(Cl)Cl.ClC(Cl)Cl.ClC(Cl)Cl.c1cc2cc3c4ccc5cc6c(ccc7cc8c(ccc9cc%10c(ccc%11cc%12c(ccc%13cc(c1cc%13%12)c2c4)cc%11%10)cc98)cc76)cc53. The highest BCUT2D eigenvalue weighted by Gasteiger charge is 2.14. The Morgan fingerprint density at radius 1 is 0.167 bits per heavy atom. The summed E-state index contributed by atoms with van der Waals surface area (Å²) in [6.45, 7) is 0. The van der Waals surface area contributed by atoms with E-state index < -0.39 is 12.9 Å². The zero-order valence-corrected chi connectivity index (χ0v) is 37.8. The van der Waals surface area contributed by atoms with E-state index in [4.69, 9.17) is 104 Å². The lowest BCUT2D eigenvalue weighted by atomic mass is 9.89. The maximum atomic E-state index is 4.81. The fourth-order valence-corrected chi connectivity index (χ4v) is 9.33. The van der Waals surface area contributed by atoms with Gasteiger partial charge >= 0.3 is 0 Å². The van der Waals surface area contributed by atoms with Crippen molar-refractivity contribution in [1.29, 1.82) is 0 Å². The number of hydrogen-bond donors (Lipinski definition) is 0. The highest BCUT2D eigenvalue weighted by molar-refractivity contribution is 6.63. The van der Waals surface area contributed by atoms with Gasteiger partial charge in [0.25, 0.3) is 0 Å². The minimum absolute atomic E-state index is 0.750. The Balaban J connectivity index is 0.000000324. The van der Waals surface area contributed by atoms with Crippen molar-refractivity contribution in [1.82, 2.24) is 0 Å². The molecule has 12 aromatic rings. The van der Waals surface area contributed by atoms with Crippen molar-refractivity contribution in [3.8, 4) is 0 Å². The first-order chi connectivity index (χ1) is 28.9. The van der Waals surface area contributed by atoms with E-state index in [1.54, 1.807) is 0 Å². The van der Waals surface area contributed by atoms with Gasteiger partial charge in [0, 0.05) is 0 Å². The standard InChI is InChI=1S/C48H24.3CHCl3/c1-2-26-14-40-28-5-6-31-20-44-32(19-42(31)40)9-10-34-24-48-36(23-46(34)44)12-11-35-21-45-33(22-47(35)48)8-7-30-17-41-29(18-43(30)45)4-3-27-15-37(39(26)16-28)25(1)13-38(27)41;3*2-1(3)4/h1-24H;3*1H. The Morgan fingerprint density at radius 2 is 0.233 bits per heavy atom. The fourth-order valence-electron chi connectivity index (χ4n) is 9.33. The van der Waals surface area contributed by atoms with Crippen LogP contribution in [0.2, 0.25) is 0 Å². The summed E-state index contributed by atoms with van der Waals surface area (Å²) in [5.74, 6) is 0. The second-order valence-corrected chi connectivity index (χ2v) is 20.8. The third-order valence-electron chi connectivity index (χ3n) is 11.7. The van der Waals surface area contributed by atoms with Gasteiger partial charge in [0.2, 0.25) is 0 Å². The molecule has 0 amide bonds. The molecule has 0 nitrogen and oxygen atoms in total. The number of benzene rings is 12. The topological polar surface area (TPSA) is 0 Å². The lowest BCUT2D eigenvalue weighted by Crippen LogP contribution is -1.87. The third-order valence-corrected chi connectivity index (χ3v) is 11.7. The molecule has 0 saturated carbocycles. The summed E-state index contributed by atoms with van der Waals surface area (Å²) in [4.78, 5) is 0. The van der Waals surface area contributed by atoms with E-state index in [0.29, 0.717) is 0 Å². The Morgan fingerprint density at radius 3 is 0.300 bits per heavy atom. The van der Waals surface area contributed by atoms with Gasteiger partial charge in [-0.3, -0.25) is 0 Å². The quantitative estimate of drug-likeness (QED) is 0.0807. The van der Waals surface area contributed by atoms with E-state index in [1.165, 1.54) is 129 Å². The van der Waals surface area contributed by atoms with Gasteiger partial charge in [0.15, 0.2) is 12.9 Å². The minimum Gasteiger partial charge on any atom is -0.0874 e. The molecule has 0 radical (unpaired) electrons. The average Bonchev–Trinajstić information content (AvgIpc) is 3.21. The normalized spacial score (nSPS) is 12.2. The Bertz CT molecular complexity index is 2870. The molecule has 0 aliphatic rings. The molecular formula is C51H27Cl9. The molecule has 0 bridgehead atoms. The maximum absolute atomic E-state index is 4.81. The maximum Gasteiger partial charge on any atom is 0.180 e. The van der Waals surface area contributed by atoms with Crippen LogP contribution >= 0.6 is 104 Å². The summed E-state index contributed by atoms with van der Waals surface area (Å²) in [6.07, 6.45) is 0. The van der Waals surface area contributed by atoms with Crippen LogP contribution in [0.5, 0.6) is 0 Å². The first-order valence-corrected chi connectivity index (χ1v) is 22.8. The molecule has 0 aromatic heterocycles. The molecule has 9 heteroatoms. The van der Waals surface area contributed by atoms with Crippen LogP contribution in [0.25, 0.3) is 129 Å². The molecular weight excluding hydrogens is 932 g/mol. The van der Waals surface area contributed by atoms with Crippen molar-refractivity contribution >= 4 is 234 Å². The van der Waals surface area contributed by atoms with Gasteiger partial charge in [-0.1, -0.05) is 177 Å². The van der Waals surface area contributed by atoms with Crippen LogP contribution in [0.4, 0.5) is 0 Å². The Labute approximate surface area is 388 Å². The number of rotatable bonds is 0. The van der Waals surface area contributed by atoms with Crippen molar-refractivity contribution in [3.63, 3.8) is 0 Å². The predicted molar refractivity (Wildman–Crippen MR) is 274 cm³/mol. The third kappa shape index (κ3) is 7.23. The Hall–Kier alpha value is -3.63. The minimum atomic E-state index is -0.750. The van der Waals surface area contributed by atoms with E-state index in [9.17, 15) is 0 Å². The van der Waals surface area contributed by atoms with Gasteiger partial charge in [0.05, 0.1) is 0 Å². The molecule has 0 aliphatic heterocycles. The van der Waals surface area contributed by atoms with Gasteiger partial charge < -0.3 is 0 Å². The zero-order valence-electron chi connectivity index (χ0n) is 31.0. The second-order valence-electron chi connectivity index (χ2n) is 14.9. The summed E-state index contributed by atoms with van der Waals surface area (Å²) in [6, 6.07) is 56.8. The first kappa shape index (κ1) is 40.4. The lowest BCUT2D eigenvalue weighted by Gasteiger charge is -2.14. The van der Waals surface area contributed by atoms with Crippen LogP contribution in [0.15, 0.2) is 146 Å². The molecule has 0 N–H and O–H groups in total. The molecule has 0 aliphatic carbocycles. The molecule has 0 spiro atoms. The van der Waals surface area contributed by atoms with Crippen molar-refractivity contribution in [3.05, 3.63) is 146 Å². The monoisotopic (exact) mass is 954 g/mol. The van der Waals surface area contributed by atoms with Crippen LogP contribution < -0.4 is 0 Å². The van der Waals surface area contributed by atoms with Crippen molar-refractivity contribution in [2.75, 3.05) is 0 Å². The fraction of sp³-hybridized carbons (Fsp3) is 0.0588. The van der Waals surface area contributed by atoms with Crippen molar-refractivity contribution in [2.45, 2.75) is 12.9 Å². The van der Waals surface area contributed by atoms with Gasteiger partial charge in [0.1, 0.15) is 0 Å².